The molecule has 0 aromatic heterocycles. The van der Waals surface area contributed by atoms with Crippen molar-refractivity contribution in [3.05, 3.63) is 0 Å². The van der Waals surface area contributed by atoms with Gasteiger partial charge >= 0.3 is 5.97 Å². The lowest BCUT2D eigenvalue weighted by atomic mass is 9.91. The van der Waals surface area contributed by atoms with E-state index >= 15 is 0 Å². The third kappa shape index (κ3) is 4.12. The molecule has 0 spiro atoms. The van der Waals surface area contributed by atoms with Gasteiger partial charge in [0.25, 0.3) is 0 Å². The number of carbonyl (C=O) groups excluding carboxylic acids is 1. The quantitative estimate of drug-likeness (QED) is 0.694. The monoisotopic (exact) mass is 227 g/mol. The van der Waals surface area contributed by atoms with Gasteiger partial charge in [-0.3, -0.25) is 9.69 Å². The summed E-state index contributed by atoms with van der Waals surface area (Å²) in [5.74, 6) is 0.495. The first-order valence-corrected chi connectivity index (χ1v) is 6.34. The smallest absolute Gasteiger partial charge is 0.306 e. The largest absolute Gasteiger partial charge is 0.466 e. The van der Waals surface area contributed by atoms with Crippen molar-refractivity contribution in [2.75, 3.05) is 19.7 Å². The molecule has 0 aliphatic carbocycles. The molecule has 0 amide bonds. The molecule has 16 heavy (non-hydrogen) atoms. The maximum absolute atomic E-state index is 11.4. The first kappa shape index (κ1) is 13.5. The van der Waals surface area contributed by atoms with E-state index in [0.29, 0.717) is 18.9 Å². The number of rotatable bonds is 3. The Labute approximate surface area is 99.1 Å². The second-order valence-electron chi connectivity index (χ2n) is 5.61. The van der Waals surface area contributed by atoms with Crippen LogP contribution in [0.15, 0.2) is 0 Å². The highest BCUT2D eigenvalue weighted by molar-refractivity contribution is 5.69. The van der Waals surface area contributed by atoms with Gasteiger partial charge in [-0.2, -0.15) is 0 Å². The molecule has 3 nitrogen and oxygen atoms in total. The average Bonchev–Trinajstić information content (AvgIpc) is 2.17. The van der Waals surface area contributed by atoms with Gasteiger partial charge in [-0.1, -0.05) is 0 Å². The van der Waals surface area contributed by atoms with E-state index < -0.39 is 0 Å². The number of ether oxygens (including phenoxy) is 1. The van der Waals surface area contributed by atoms with Crippen LogP contribution in [-0.4, -0.2) is 36.1 Å². The first-order chi connectivity index (χ1) is 7.43. The van der Waals surface area contributed by atoms with Crippen LogP contribution >= 0.6 is 0 Å². The Morgan fingerprint density at radius 3 is 2.31 bits per heavy atom. The van der Waals surface area contributed by atoms with E-state index in [1.807, 2.05) is 6.92 Å². The minimum absolute atomic E-state index is 0.0308. The minimum Gasteiger partial charge on any atom is -0.466 e. The molecule has 0 unspecified atom stereocenters. The number of hydrogen-bond donors (Lipinski definition) is 0. The molecule has 94 valence electrons. The molecule has 1 aliphatic rings. The topological polar surface area (TPSA) is 29.5 Å². The summed E-state index contributed by atoms with van der Waals surface area (Å²) in [6, 6.07) is 0. The number of likely N-dealkylation sites (tertiary alicyclic amines) is 1. The Morgan fingerprint density at radius 2 is 1.88 bits per heavy atom. The van der Waals surface area contributed by atoms with E-state index in [1.54, 1.807) is 0 Å². The molecule has 1 saturated heterocycles. The van der Waals surface area contributed by atoms with E-state index in [0.717, 1.165) is 25.9 Å². The van der Waals surface area contributed by atoms with Gasteiger partial charge in [-0.15, -0.1) is 0 Å². The van der Waals surface area contributed by atoms with E-state index in [1.165, 1.54) is 0 Å². The standard InChI is InChI=1S/C13H25NO2/c1-5-16-12(15)10-11-6-8-14(9-7-11)13(2,3)4/h11H,5-10H2,1-4H3. The second kappa shape index (κ2) is 5.67. The Hall–Kier alpha value is -0.570. The van der Waals surface area contributed by atoms with Crippen LogP contribution in [0.2, 0.25) is 0 Å². The summed E-state index contributed by atoms with van der Waals surface area (Å²) in [6.45, 7) is 11.3. The summed E-state index contributed by atoms with van der Waals surface area (Å²) in [7, 11) is 0. The van der Waals surface area contributed by atoms with Gasteiger partial charge in [0.05, 0.1) is 6.61 Å². The molecular weight excluding hydrogens is 202 g/mol. The third-order valence-electron chi connectivity index (χ3n) is 3.32. The summed E-state index contributed by atoms with van der Waals surface area (Å²) in [4.78, 5) is 13.8. The van der Waals surface area contributed by atoms with E-state index in [-0.39, 0.29) is 11.5 Å². The molecule has 0 N–H and O–H groups in total. The fraction of sp³-hybridized carbons (Fsp3) is 0.923. The number of carbonyl (C=O) groups is 1. The van der Waals surface area contributed by atoms with Crippen molar-refractivity contribution in [3.8, 4) is 0 Å². The highest BCUT2D eigenvalue weighted by Gasteiger charge is 2.27. The van der Waals surface area contributed by atoms with Crippen molar-refractivity contribution < 1.29 is 9.53 Å². The lowest BCUT2D eigenvalue weighted by Crippen LogP contribution is -2.46. The van der Waals surface area contributed by atoms with E-state index in [2.05, 4.69) is 25.7 Å². The van der Waals surface area contributed by atoms with Crippen LogP contribution in [0.4, 0.5) is 0 Å². The molecule has 1 rings (SSSR count). The number of hydrogen-bond acceptors (Lipinski definition) is 3. The zero-order valence-electron chi connectivity index (χ0n) is 11.1. The van der Waals surface area contributed by atoms with Gasteiger partial charge in [0, 0.05) is 12.0 Å². The van der Waals surface area contributed by atoms with Crippen LogP contribution in [0.3, 0.4) is 0 Å². The maximum atomic E-state index is 11.4. The molecule has 0 aromatic rings. The third-order valence-corrected chi connectivity index (χ3v) is 3.32. The highest BCUT2D eigenvalue weighted by atomic mass is 16.5. The van der Waals surface area contributed by atoms with Crippen LogP contribution in [0.25, 0.3) is 0 Å². The Morgan fingerprint density at radius 1 is 1.31 bits per heavy atom. The normalized spacial score (nSPS) is 19.8. The summed E-state index contributed by atoms with van der Waals surface area (Å²) in [6.07, 6.45) is 2.85. The lowest BCUT2D eigenvalue weighted by Gasteiger charge is -2.40. The zero-order valence-corrected chi connectivity index (χ0v) is 11.1. The lowest BCUT2D eigenvalue weighted by molar-refractivity contribution is -0.144. The molecule has 0 atom stereocenters. The predicted octanol–water partition coefficient (Wildman–Crippen LogP) is 2.45. The van der Waals surface area contributed by atoms with Gasteiger partial charge in [-0.25, -0.2) is 0 Å². The molecule has 0 bridgehead atoms. The molecule has 0 saturated carbocycles. The SMILES string of the molecule is CCOC(=O)CC1CCN(C(C)(C)C)CC1. The summed E-state index contributed by atoms with van der Waals surface area (Å²) in [5, 5.41) is 0. The van der Waals surface area contributed by atoms with Gasteiger partial charge in [0.15, 0.2) is 0 Å². The van der Waals surface area contributed by atoms with E-state index in [9.17, 15) is 4.79 Å². The van der Waals surface area contributed by atoms with Crippen LogP contribution in [-0.2, 0) is 9.53 Å². The summed E-state index contributed by atoms with van der Waals surface area (Å²) in [5.41, 5.74) is 0.259. The molecule has 1 fully saturated rings. The molecule has 3 heteroatoms. The van der Waals surface area contributed by atoms with Crippen LogP contribution in [0, 0.1) is 5.92 Å². The van der Waals surface area contributed by atoms with E-state index in [4.69, 9.17) is 4.74 Å². The number of esters is 1. The van der Waals surface area contributed by atoms with Gasteiger partial charge < -0.3 is 4.74 Å². The van der Waals surface area contributed by atoms with Crippen LogP contribution in [0.1, 0.15) is 47.0 Å². The Balaban J connectivity index is 2.30. The second-order valence-corrected chi connectivity index (χ2v) is 5.61. The molecule has 0 aromatic carbocycles. The zero-order chi connectivity index (χ0) is 12.2. The fourth-order valence-corrected chi connectivity index (χ4v) is 2.26. The Kier molecular flexibility index (Phi) is 4.78. The first-order valence-electron chi connectivity index (χ1n) is 6.34. The van der Waals surface area contributed by atoms with Crippen molar-refractivity contribution >= 4 is 5.97 Å². The minimum atomic E-state index is -0.0308. The van der Waals surface area contributed by atoms with Gasteiger partial charge in [0.1, 0.15) is 0 Å². The summed E-state index contributed by atoms with van der Waals surface area (Å²) < 4.78 is 4.99. The molecule has 0 radical (unpaired) electrons. The Bertz CT molecular complexity index is 225. The molecule has 1 aliphatic heterocycles. The molecular formula is C13H25NO2. The van der Waals surface area contributed by atoms with Gasteiger partial charge in [-0.05, 0) is 59.5 Å². The molecule has 1 heterocycles. The summed E-state index contributed by atoms with van der Waals surface area (Å²) >= 11 is 0. The van der Waals surface area contributed by atoms with Crippen molar-refractivity contribution in [3.63, 3.8) is 0 Å². The fourth-order valence-electron chi connectivity index (χ4n) is 2.26. The van der Waals surface area contributed by atoms with Crippen LogP contribution in [0.5, 0.6) is 0 Å². The van der Waals surface area contributed by atoms with Gasteiger partial charge in [0.2, 0.25) is 0 Å². The number of nitrogens with zero attached hydrogens (tertiary/aromatic N) is 1. The average molecular weight is 227 g/mol. The highest BCUT2D eigenvalue weighted by Crippen LogP contribution is 2.25. The predicted molar refractivity (Wildman–Crippen MR) is 65.3 cm³/mol. The van der Waals surface area contributed by atoms with Crippen molar-refractivity contribution in [2.24, 2.45) is 5.92 Å². The van der Waals surface area contributed by atoms with Crippen molar-refractivity contribution in [2.45, 2.75) is 52.5 Å². The van der Waals surface area contributed by atoms with Crippen LogP contribution < -0.4 is 0 Å². The maximum Gasteiger partial charge on any atom is 0.306 e. The van der Waals surface area contributed by atoms with Crippen molar-refractivity contribution in [1.29, 1.82) is 0 Å². The number of piperidine rings is 1. The van der Waals surface area contributed by atoms with Crippen molar-refractivity contribution in [1.82, 2.24) is 4.90 Å².